The zero-order valence-electron chi connectivity index (χ0n) is 14.1. The number of hydrogen-bond acceptors (Lipinski definition) is 1. The van der Waals surface area contributed by atoms with Gasteiger partial charge in [0.2, 0.25) is 0 Å². The molecule has 120 valence electrons. The molecule has 0 fully saturated rings. The zero-order chi connectivity index (χ0) is 16.6. The van der Waals surface area contributed by atoms with Crippen LogP contribution in [-0.4, -0.2) is 5.78 Å². The van der Waals surface area contributed by atoms with E-state index in [2.05, 4.69) is 60.1 Å². The Kier molecular flexibility index (Phi) is 4.46. The van der Waals surface area contributed by atoms with Gasteiger partial charge in [0.1, 0.15) is 0 Å². The highest BCUT2D eigenvalue weighted by atomic mass is 79.9. The van der Waals surface area contributed by atoms with Gasteiger partial charge in [0.05, 0.1) is 0 Å². The van der Waals surface area contributed by atoms with Crippen LogP contribution in [0.15, 0.2) is 40.9 Å². The van der Waals surface area contributed by atoms with Crippen LogP contribution in [0.25, 0.3) is 11.1 Å². The molecule has 0 atom stereocenters. The Morgan fingerprint density at radius 2 is 1.52 bits per heavy atom. The highest BCUT2D eigenvalue weighted by Crippen LogP contribution is 2.54. The fourth-order valence-corrected chi connectivity index (χ4v) is 4.56. The normalized spacial score (nSPS) is 14.4. The Labute approximate surface area is 147 Å². The van der Waals surface area contributed by atoms with Crippen molar-refractivity contribution in [2.45, 2.75) is 51.9 Å². The molecule has 1 nitrogen and oxygen atoms in total. The maximum atomic E-state index is 11.9. The molecule has 3 rings (SSSR count). The van der Waals surface area contributed by atoms with Crippen molar-refractivity contribution in [2.24, 2.45) is 0 Å². The molecule has 1 aliphatic carbocycles. The molecule has 0 bridgehead atoms. The summed E-state index contributed by atoms with van der Waals surface area (Å²) in [5.74, 6) is 0.145. The third kappa shape index (κ3) is 2.57. The van der Waals surface area contributed by atoms with Gasteiger partial charge >= 0.3 is 0 Å². The summed E-state index contributed by atoms with van der Waals surface area (Å²) in [5, 5.41) is 0. The lowest BCUT2D eigenvalue weighted by atomic mass is 9.71. The van der Waals surface area contributed by atoms with E-state index in [-0.39, 0.29) is 11.2 Å². The average molecular weight is 371 g/mol. The molecule has 0 radical (unpaired) electrons. The maximum Gasteiger partial charge on any atom is 0.159 e. The van der Waals surface area contributed by atoms with Gasteiger partial charge < -0.3 is 0 Å². The minimum absolute atomic E-state index is 0.0450. The molecular weight excluding hydrogens is 348 g/mol. The smallest absolute Gasteiger partial charge is 0.159 e. The first kappa shape index (κ1) is 16.4. The lowest BCUT2D eigenvalue weighted by molar-refractivity contribution is 0.101. The van der Waals surface area contributed by atoms with Crippen LogP contribution in [0.3, 0.4) is 0 Å². The molecule has 2 aromatic carbocycles. The first-order valence-electron chi connectivity index (χ1n) is 8.49. The fourth-order valence-electron chi connectivity index (χ4n) is 4.20. The second kappa shape index (κ2) is 6.24. The highest BCUT2D eigenvalue weighted by Gasteiger charge is 2.42. The van der Waals surface area contributed by atoms with Crippen LogP contribution in [0, 0.1) is 0 Å². The molecule has 0 saturated carbocycles. The largest absolute Gasteiger partial charge is 0.295 e. The van der Waals surface area contributed by atoms with Gasteiger partial charge in [0, 0.05) is 15.5 Å². The second-order valence-corrected chi connectivity index (χ2v) is 7.50. The van der Waals surface area contributed by atoms with E-state index in [1.54, 1.807) is 6.92 Å². The molecule has 2 heteroatoms. The number of carbonyl (C=O) groups is 1. The van der Waals surface area contributed by atoms with E-state index in [1.165, 1.54) is 22.3 Å². The van der Waals surface area contributed by atoms with Crippen LogP contribution in [0.4, 0.5) is 0 Å². The Balaban J connectivity index is 2.32. The molecule has 0 spiro atoms. The predicted octanol–water partition coefficient (Wildman–Crippen LogP) is 6.52. The van der Waals surface area contributed by atoms with Crippen LogP contribution >= 0.6 is 15.9 Å². The lowest BCUT2D eigenvalue weighted by Crippen LogP contribution is -2.25. The summed E-state index contributed by atoms with van der Waals surface area (Å²) in [5.41, 5.74) is 6.28. The Bertz CT molecular complexity index is 754. The summed E-state index contributed by atoms with van der Waals surface area (Å²) < 4.78 is 1.13. The van der Waals surface area contributed by atoms with Gasteiger partial charge in [-0.25, -0.2) is 0 Å². The number of fused-ring (bicyclic) bond motifs is 3. The first-order chi connectivity index (χ1) is 11.0. The number of halogens is 1. The fraction of sp³-hybridized carbons (Fsp3) is 0.381. The summed E-state index contributed by atoms with van der Waals surface area (Å²) >= 11 is 3.65. The van der Waals surface area contributed by atoms with Crippen molar-refractivity contribution in [3.8, 4) is 11.1 Å². The highest BCUT2D eigenvalue weighted by molar-refractivity contribution is 9.10. The topological polar surface area (TPSA) is 17.1 Å². The monoisotopic (exact) mass is 370 g/mol. The number of carbonyl (C=O) groups excluding carboxylic acids is 1. The SMILES string of the molecule is CCCC1(CCC)c2cc(Br)ccc2-c2ccc(C(C)=O)cc21. The van der Waals surface area contributed by atoms with Crippen molar-refractivity contribution in [1.82, 2.24) is 0 Å². The second-order valence-electron chi connectivity index (χ2n) is 6.59. The summed E-state index contributed by atoms with van der Waals surface area (Å²) in [4.78, 5) is 11.9. The van der Waals surface area contributed by atoms with Crippen molar-refractivity contribution in [3.63, 3.8) is 0 Å². The molecule has 2 aromatic rings. The molecule has 0 heterocycles. The molecule has 23 heavy (non-hydrogen) atoms. The third-order valence-corrected chi connectivity index (χ3v) is 5.58. The Hall–Kier alpha value is -1.41. The number of benzene rings is 2. The minimum atomic E-state index is 0.0450. The molecule has 0 unspecified atom stereocenters. The number of Topliss-reactive ketones (excluding diaryl/α,β-unsaturated/α-hetero) is 1. The van der Waals surface area contributed by atoms with Crippen LogP contribution < -0.4 is 0 Å². The van der Waals surface area contributed by atoms with E-state index in [0.717, 1.165) is 35.7 Å². The van der Waals surface area contributed by atoms with Crippen molar-refractivity contribution in [1.29, 1.82) is 0 Å². The van der Waals surface area contributed by atoms with E-state index in [1.807, 2.05) is 6.07 Å². The van der Waals surface area contributed by atoms with Gasteiger partial charge in [0.25, 0.3) is 0 Å². The van der Waals surface area contributed by atoms with Crippen LogP contribution in [0.5, 0.6) is 0 Å². The van der Waals surface area contributed by atoms with E-state index in [9.17, 15) is 4.79 Å². The third-order valence-electron chi connectivity index (χ3n) is 5.08. The number of hydrogen-bond donors (Lipinski definition) is 0. The van der Waals surface area contributed by atoms with E-state index < -0.39 is 0 Å². The zero-order valence-corrected chi connectivity index (χ0v) is 15.7. The van der Waals surface area contributed by atoms with Gasteiger partial charge in [-0.05, 0) is 60.2 Å². The molecule has 0 saturated heterocycles. The minimum Gasteiger partial charge on any atom is -0.295 e. The van der Waals surface area contributed by atoms with E-state index in [4.69, 9.17) is 0 Å². The lowest BCUT2D eigenvalue weighted by Gasteiger charge is -2.32. The van der Waals surface area contributed by atoms with E-state index >= 15 is 0 Å². The predicted molar refractivity (Wildman–Crippen MR) is 100 cm³/mol. The molecule has 0 N–H and O–H groups in total. The first-order valence-corrected chi connectivity index (χ1v) is 9.28. The quantitative estimate of drug-likeness (QED) is 0.547. The molecule has 1 aliphatic rings. The summed E-state index contributed by atoms with van der Waals surface area (Å²) in [6.07, 6.45) is 4.52. The molecule has 0 aliphatic heterocycles. The maximum absolute atomic E-state index is 11.9. The van der Waals surface area contributed by atoms with Crippen LogP contribution in [0.1, 0.15) is 67.9 Å². The van der Waals surface area contributed by atoms with Crippen molar-refractivity contribution >= 4 is 21.7 Å². The molecule has 0 amide bonds. The number of rotatable bonds is 5. The number of ketones is 1. The van der Waals surface area contributed by atoms with Crippen molar-refractivity contribution in [3.05, 3.63) is 57.6 Å². The van der Waals surface area contributed by atoms with Gasteiger partial charge in [-0.2, -0.15) is 0 Å². The standard InChI is InChI=1S/C21H23BrO/c1-4-10-21(11-5-2)19-12-15(14(3)23)6-8-17(19)18-9-7-16(22)13-20(18)21/h6-9,12-13H,4-5,10-11H2,1-3H3. The Morgan fingerprint density at radius 1 is 0.957 bits per heavy atom. The van der Waals surface area contributed by atoms with Gasteiger partial charge in [0.15, 0.2) is 5.78 Å². The Morgan fingerprint density at radius 3 is 2.09 bits per heavy atom. The summed E-state index contributed by atoms with van der Waals surface area (Å²) in [6, 6.07) is 12.9. The average Bonchev–Trinajstić information content (AvgIpc) is 2.78. The van der Waals surface area contributed by atoms with Gasteiger partial charge in [-0.15, -0.1) is 0 Å². The van der Waals surface area contributed by atoms with Crippen LogP contribution in [-0.2, 0) is 5.41 Å². The van der Waals surface area contributed by atoms with Crippen molar-refractivity contribution < 1.29 is 4.79 Å². The van der Waals surface area contributed by atoms with E-state index in [0.29, 0.717) is 0 Å². The summed E-state index contributed by atoms with van der Waals surface area (Å²) in [7, 11) is 0. The van der Waals surface area contributed by atoms with Gasteiger partial charge in [-0.3, -0.25) is 4.79 Å². The summed E-state index contributed by atoms with van der Waals surface area (Å²) in [6.45, 7) is 6.16. The molecular formula is C21H23BrO. The van der Waals surface area contributed by atoms with Crippen molar-refractivity contribution in [2.75, 3.05) is 0 Å². The van der Waals surface area contributed by atoms with Gasteiger partial charge in [-0.1, -0.05) is 60.8 Å². The van der Waals surface area contributed by atoms with Crippen LogP contribution in [0.2, 0.25) is 0 Å². The molecule has 0 aromatic heterocycles.